The molecule has 6 heteroatoms. The van der Waals surface area contributed by atoms with Gasteiger partial charge in [-0.1, -0.05) is 11.3 Å². The molecule has 0 aliphatic rings. The predicted molar refractivity (Wildman–Crippen MR) is 55.2 cm³/mol. The molecule has 72 valence electrons. The van der Waals surface area contributed by atoms with E-state index in [1.54, 1.807) is 16.8 Å². The second-order valence-corrected chi connectivity index (χ2v) is 4.32. The number of carbonyl (C=O) groups is 1. The number of thiophene rings is 1. The molecule has 4 nitrogen and oxygen atoms in total. The zero-order chi connectivity index (χ0) is 10.1. The van der Waals surface area contributed by atoms with Crippen molar-refractivity contribution in [3.8, 4) is 10.6 Å². The molecule has 0 spiro atoms. The Kier molecular flexibility index (Phi) is 2.22. The van der Waals surface area contributed by atoms with Crippen molar-refractivity contribution in [3.05, 3.63) is 32.1 Å². The van der Waals surface area contributed by atoms with Crippen LogP contribution in [0.2, 0.25) is 0 Å². The van der Waals surface area contributed by atoms with Crippen molar-refractivity contribution in [2.75, 3.05) is 0 Å². The fourth-order valence-corrected chi connectivity index (χ4v) is 2.50. The molecular weight excluding hydrogens is 222 g/mol. The zero-order valence-electron chi connectivity index (χ0n) is 6.81. The molecule has 0 fully saturated rings. The van der Waals surface area contributed by atoms with Gasteiger partial charge in [-0.3, -0.25) is 4.79 Å². The highest BCUT2D eigenvalue weighted by Crippen LogP contribution is 2.25. The first-order chi connectivity index (χ1) is 6.66. The van der Waals surface area contributed by atoms with Gasteiger partial charge in [0.25, 0.3) is 0 Å². The molecule has 0 aliphatic carbocycles. The van der Waals surface area contributed by atoms with Gasteiger partial charge in [0.1, 0.15) is 0 Å². The van der Waals surface area contributed by atoms with Crippen LogP contribution in [0.4, 0.5) is 0 Å². The van der Waals surface area contributed by atoms with E-state index in [0.29, 0.717) is 5.69 Å². The third kappa shape index (κ3) is 1.61. The second-order valence-electron chi connectivity index (χ2n) is 2.57. The number of carboxylic acids is 1. The third-order valence-electron chi connectivity index (χ3n) is 1.63. The van der Waals surface area contributed by atoms with Crippen molar-refractivity contribution in [2.24, 2.45) is 0 Å². The quantitative estimate of drug-likeness (QED) is 0.822. The van der Waals surface area contributed by atoms with E-state index in [1.165, 1.54) is 11.3 Å². The van der Waals surface area contributed by atoms with Crippen LogP contribution in [0, 0.1) is 0 Å². The zero-order valence-corrected chi connectivity index (χ0v) is 8.45. The van der Waals surface area contributed by atoms with Crippen LogP contribution in [-0.4, -0.2) is 16.1 Å². The number of aromatic carboxylic acids is 1. The van der Waals surface area contributed by atoms with Gasteiger partial charge in [-0.2, -0.15) is 0 Å². The Morgan fingerprint density at radius 2 is 2.14 bits per heavy atom. The number of thiazole rings is 1. The summed E-state index contributed by atoms with van der Waals surface area (Å²) < 4.78 is 0. The summed E-state index contributed by atoms with van der Waals surface area (Å²) in [5, 5.41) is 11.9. The maximum absolute atomic E-state index is 10.9. The minimum Gasteiger partial charge on any atom is -0.478 e. The number of H-pyrrole nitrogens is 1. The van der Waals surface area contributed by atoms with Gasteiger partial charge >= 0.3 is 10.8 Å². The number of nitrogens with one attached hydrogen (secondary N) is 1. The average molecular weight is 227 g/mol. The number of hydrogen-bond donors (Lipinski definition) is 2. The molecular formula is C8H5NO3S2. The predicted octanol–water partition coefficient (Wildman–Crippen LogP) is 1.86. The molecule has 0 atom stereocenters. The molecule has 2 aromatic heterocycles. The Bertz CT molecular complexity index is 522. The number of hydrogen-bond acceptors (Lipinski definition) is 4. The Balaban J connectivity index is 2.43. The molecule has 2 rings (SSSR count). The number of aromatic amines is 1. The summed E-state index contributed by atoms with van der Waals surface area (Å²) in [6, 6.07) is 1.55. The molecule has 0 bridgehead atoms. The van der Waals surface area contributed by atoms with Gasteiger partial charge in [0.05, 0.1) is 16.1 Å². The molecule has 2 aromatic rings. The number of rotatable bonds is 2. The standard InChI is InChI=1S/C8H5NO3S2/c10-7(11)4-1-6(13-2-4)5-3-14-8(12)9-5/h1-3H,(H,9,12)(H,10,11). The van der Waals surface area contributed by atoms with Crippen LogP contribution in [0.25, 0.3) is 10.6 Å². The van der Waals surface area contributed by atoms with Gasteiger partial charge < -0.3 is 10.1 Å². The van der Waals surface area contributed by atoms with E-state index in [0.717, 1.165) is 16.2 Å². The maximum Gasteiger partial charge on any atom is 0.336 e. The fraction of sp³-hybridized carbons (Fsp3) is 0. The first-order valence-corrected chi connectivity index (χ1v) is 5.43. The van der Waals surface area contributed by atoms with Gasteiger partial charge in [-0.05, 0) is 6.07 Å². The minimum atomic E-state index is -0.954. The van der Waals surface area contributed by atoms with Crippen LogP contribution in [0.15, 0.2) is 21.6 Å². The van der Waals surface area contributed by atoms with E-state index in [2.05, 4.69) is 4.98 Å². The van der Waals surface area contributed by atoms with E-state index in [1.807, 2.05) is 0 Å². The first-order valence-electron chi connectivity index (χ1n) is 3.67. The fourth-order valence-electron chi connectivity index (χ4n) is 0.991. The Hall–Kier alpha value is -1.40. The summed E-state index contributed by atoms with van der Waals surface area (Å²) in [4.78, 5) is 24.7. The van der Waals surface area contributed by atoms with E-state index in [9.17, 15) is 9.59 Å². The lowest BCUT2D eigenvalue weighted by molar-refractivity contribution is 0.0697. The maximum atomic E-state index is 10.9. The lowest BCUT2D eigenvalue weighted by atomic mass is 10.3. The van der Waals surface area contributed by atoms with Crippen LogP contribution in [0.3, 0.4) is 0 Å². The van der Waals surface area contributed by atoms with Gasteiger partial charge in [0.15, 0.2) is 0 Å². The van der Waals surface area contributed by atoms with Gasteiger partial charge in [0, 0.05) is 10.8 Å². The first kappa shape index (κ1) is 9.17. The van der Waals surface area contributed by atoms with Gasteiger partial charge in [-0.25, -0.2) is 4.79 Å². The van der Waals surface area contributed by atoms with Gasteiger partial charge in [-0.15, -0.1) is 11.3 Å². The molecule has 14 heavy (non-hydrogen) atoms. The summed E-state index contributed by atoms with van der Waals surface area (Å²) in [5.74, 6) is -0.954. The van der Waals surface area contributed by atoms with Crippen LogP contribution in [-0.2, 0) is 0 Å². The highest BCUT2D eigenvalue weighted by Gasteiger charge is 2.08. The van der Waals surface area contributed by atoms with Crippen molar-refractivity contribution < 1.29 is 9.90 Å². The molecule has 0 unspecified atom stereocenters. The molecule has 0 amide bonds. The van der Waals surface area contributed by atoms with E-state index in [4.69, 9.17) is 5.11 Å². The number of carboxylic acid groups (broad SMARTS) is 1. The van der Waals surface area contributed by atoms with Crippen LogP contribution in [0.5, 0.6) is 0 Å². The molecule has 0 radical (unpaired) electrons. The topological polar surface area (TPSA) is 70.2 Å². The van der Waals surface area contributed by atoms with Crippen molar-refractivity contribution in [2.45, 2.75) is 0 Å². The molecule has 2 N–H and O–H groups in total. The van der Waals surface area contributed by atoms with Crippen molar-refractivity contribution in [1.82, 2.24) is 4.98 Å². The van der Waals surface area contributed by atoms with Crippen LogP contribution < -0.4 is 4.87 Å². The summed E-state index contributed by atoms with van der Waals surface area (Å²) in [6.45, 7) is 0. The monoisotopic (exact) mass is 227 g/mol. The average Bonchev–Trinajstić information content (AvgIpc) is 2.70. The van der Waals surface area contributed by atoms with Crippen LogP contribution >= 0.6 is 22.7 Å². The van der Waals surface area contributed by atoms with E-state index in [-0.39, 0.29) is 10.4 Å². The summed E-state index contributed by atoms with van der Waals surface area (Å²) in [5.41, 5.74) is 0.926. The summed E-state index contributed by atoms with van der Waals surface area (Å²) in [7, 11) is 0. The Labute approximate surface area is 86.5 Å². The summed E-state index contributed by atoms with van der Waals surface area (Å²) >= 11 is 2.37. The summed E-state index contributed by atoms with van der Waals surface area (Å²) in [6.07, 6.45) is 0. The largest absolute Gasteiger partial charge is 0.478 e. The van der Waals surface area contributed by atoms with E-state index >= 15 is 0 Å². The lowest BCUT2D eigenvalue weighted by Crippen LogP contribution is -1.92. The minimum absolute atomic E-state index is 0.134. The van der Waals surface area contributed by atoms with E-state index < -0.39 is 5.97 Å². The second kappa shape index (κ2) is 3.39. The number of aromatic nitrogens is 1. The molecule has 0 saturated carbocycles. The van der Waals surface area contributed by atoms with Crippen molar-refractivity contribution in [1.29, 1.82) is 0 Å². The Morgan fingerprint density at radius 3 is 2.64 bits per heavy atom. The highest BCUT2D eigenvalue weighted by atomic mass is 32.1. The molecule has 2 heterocycles. The van der Waals surface area contributed by atoms with Gasteiger partial charge in [0.2, 0.25) is 0 Å². The van der Waals surface area contributed by atoms with Crippen molar-refractivity contribution in [3.63, 3.8) is 0 Å². The lowest BCUT2D eigenvalue weighted by Gasteiger charge is -1.87. The third-order valence-corrected chi connectivity index (χ3v) is 3.27. The smallest absolute Gasteiger partial charge is 0.336 e. The molecule has 0 saturated heterocycles. The highest BCUT2D eigenvalue weighted by molar-refractivity contribution is 7.14. The van der Waals surface area contributed by atoms with Crippen LogP contribution in [0.1, 0.15) is 10.4 Å². The Morgan fingerprint density at radius 1 is 1.36 bits per heavy atom. The SMILES string of the molecule is O=C(O)c1csc(-c2csc(=O)[nH]2)c1. The van der Waals surface area contributed by atoms with Crippen molar-refractivity contribution >= 4 is 28.6 Å². The molecule has 0 aromatic carbocycles. The normalized spacial score (nSPS) is 10.3. The molecule has 0 aliphatic heterocycles.